The number of hydrazine groups is 1. The van der Waals surface area contributed by atoms with Gasteiger partial charge in [-0.3, -0.25) is 10.9 Å². The maximum Gasteiger partial charge on any atom is 0.0701 e. The quantitative estimate of drug-likeness (QED) is 0.0502. The van der Waals surface area contributed by atoms with Crippen LogP contribution in [0.4, 0.5) is 0 Å². The van der Waals surface area contributed by atoms with Gasteiger partial charge in [0.1, 0.15) is 0 Å². The smallest absolute Gasteiger partial charge is 0.0701 e. The molecule has 9 nitrogen and oxygen atoms in total. The van der Waals surface area contributed by atoms with Crippen molar-refractivity contribution in [3.8, 4) is 0 Å². The Hall–Kier alpha value is -1.74. The fourth-order valence-corrected chi connectivity index (χ4v) is 5.84. The van der Waals surface area contributed by atoms with Crippen molar-refractivity contribution in [2.75, 3.05) is 79.0 Å². The first-order valence-corrected chi connectivity index (χ1v) is 16.5. The van der Waals surface area contributed by atoms with E-state index in [1.807, 2.05) is 18.3 Å². The van der Waals surface area contributed by atoms with Crippen LogP contribution in [0.2, 0.25) is 5.02 Å². The highest BCUT2D eigenvalue weighted by molar-refractivity contribution is 14.1. The lowest BCUT2D eigenvalue weighted by Crippen LogP contribution is -2.35. The SMILES string of the molecule is NCCCCNNCCOCCOCCOCCOCCN/C=C(\N)c1cccc([C@@H]2C=CCc3c(I)cc(Cl)cc32)c1. The van der Waals surface area contributed by atoms with Crippen molar-refractivity contribution in [3.05, 3.63) is 85.6 Å². The van der Waals surface area contributed by atoms with E-state index in [0.717, 1.165) is 49.5 Å². The zero-order chi connectivity index (χ0) is 30.5. The molecule has 0 unspecified atom stereocenters. The number of unbranched alkanes of at least 4 members (excludes halogenated alkanes) is 1. The molecule has 7 N–H and O–H groups in total. The summed E-state index contributed by atoms with van der Waals surface area (Å²) in [5, 5.41) is 4.01. The van der Waals surface area contributed by atoms with Crippen LogP contribution >= 0.6 is 34.2 Å². The Labute approximate surface area is 275 Å². The van der Waals surface area contributed by atoms with E-state index >= 15 is 0 Å². The van der Waals surface area contributed by atoms with Gasteiger partial charge < -0.3 is 35.7 Å². The van der Waals surface area contributed by atoms with Gasteiger partial charge in [0.2, 0.25) is 0 Å². The number of fused-ring (bicyclic) bond motifs is 1. The predicted molar refractivity (Wildman–Crippen MR) is 183 cm³/mol. The fraction of sp³-hybridized carbons (Fsp3) is 0.500. The third-order valence-electron chi connectivity index (χ3n) is 6.78. The molecule has 0 radical (unpaired) electrons. The van der Waals surface area contributed by atoms with E-state index in [1.165, 1.54) is 20.3 Å². The van der Waals surface area contributed by atoms with Gasteiger partial charge >= 0.3 is 0 Å². The van der Waals surface area contributed by atoms with Crippen LogP contribution in [-0.2, 0) is 25.4 Å². The van der Waals surface area contributed by atoms with E-state index in [4.69, 9.17) is 42.0 Å². The summed E-state index contributed by atoms with van der Waals surface area (Å²) in [6.07, 6.45) is 9.36. The van der Waals surface area contributed by atoms with E-state index < -0.39 is 0 Å². The minimum atomic E-state index is 0.158. The molecule has 0 heterocycles. The highest BCUT2D eigenvalue weighted by Gasteiger charge is 2.21. The molecule has 1 aliphatic carbocycles. The zero-order valence-corrected chi connectivity index (χ0v) is 27.8. The molecule has 0 amide bonds. The predicted octanol–water partition coefficient (Wildman–Crippen LogP) is 3.94. The Bertz CT molecular complexity index is 1140. The molecular weight excluding hydrogens is 681 g/mol. The standard InChI is InChI=1S/C32H47ClIN5O4/c33-27-22-30-28(7-4-8-29(30)31(34)23-27)25-5-3-6-26(21-25)32(36)24-37-11-13-40-15-17-42-19-20-43-18-16-41-14-12-39-38-10-2-1-9-35/h3-7,21-24,28,37-39H,1-2,8-20,35-36H2/b32-24-/t28-/m0/s1. The molecule has 0 saturated carbocycles. The molecule has 3 rings (SSSR count). The van der Waals surface area contributed by atoms with Crippen LogP contribution in [0.15, 0.2) is 54.8 Å². The van der Waals surface area contributed by atoms with Crippen molar-refractivity contribution in [2.45, 2.75) is 25.2 Å². The lowest BCUT2D eigenvalue weighted by atomic mass is 9.83. The van der Waals surface area contributed by atoms with Gasteiger partial charge in [0, 0.05) is 40.3 Å². The average Bonchev–Trinajstić information content (AvgIpc) is 3.01. The van der Waals surface area contributed by atoms with Crippen LogP contribution in [0, 0.1) is 3.57 Å². The third-order valence-corrected chi connectivity index (χ3v) is 7.96. The summed E-state index contributed by atoms with van der Waals surface area (Å²) < 4.78 is 23.4. The lowest BCUT2D eigenvalue weighted by Gasteiger charge is -2.23. The molecule has 2 aromatic carbocycles. The van der Waals surface area contributed by atoms with Gasteiger partial charge in [-0.05, 0) is 88.9 Å². The van der Waals surface area contributed by atoms with Gasteiger partial charge in [0.25, 0.3) is 0 Å². The van der Waals surface area contributed by atoms with Crippen molar-refractivity contribution < 1.29 is 18.9 Å². The van der Waals surface area contributed by atoms with Crippen molar-refractivity contribution in [1.82, 2.24) is 16.2 Å². The second kappa shape index (κ2) is 21.9. The largest absolute Gasteiger partial charge is 0.397 e. The van der Waals surface area contributed by atoms with Crippen LogP contribution < -0.4 is 27.6 Å². The molecule has 0 spiro atoms. The van der Waals surface area contributed by atoms with Gasteiger partial charge in [-0.2, -0.15) is 0 Å². The maximum absolute atomic E-state index is 6.39. The average molecular weight is 728 g/mol. The first-order valence-electron chi connectivity index (χ1n) is 15.0. The van der Waals surface area contributed by atoms with Crippen LogP contribution in [0.25, 0.3) is 5.70 Å². The summed E-state index contributed by atoms with van der Waals surface area (Å²) in [6, 6.07) is 12.5. The van der Waals surface area contributed by atoms with Crippen LogP contribution in [-0.4, -0.2) is 79.0 Å². The second-order valence-electron chi connectivity index (χ2n) is 10.0. The Morgan fingerprint density at radius 2 is 1.56 bits per heavy atom. The number of hydrogen-bond donors (Lipinski definition) is 5. The first kappa shape index (κ1) is 35.7. The minimum absolute atomic E-state index is 0.158. The molecule has 43 heavy (non-hydrogen) atoms. The summed E-state index contributed by atoms with van der Waals surface area (Å²) in [4.78, 5) is 0. The molecule has 2 aromatic rings. The topological polar surface area (TPSA) is 125 Å². The second-order valence-corrected chi connectivity index (χ2v) is 11.6. The Balaban J connectivity index is 1.20. The molecule has 0 aliphatic heterocycles. The molecule has 0 bridgehead atoms. The summed E-state index contributed by atoms with van der Waals surface area (Å²) >= 11 is 8.77. The zero-order valence-electron chi connectivity index (χ0n) is 24.9. The van der Waals surface area contributed by atoms with E-state index in [9.17, 15) is 0 Å². The van der Waals surface area contributed by atoms with Crippen LogP contribution in [0.3, 0.4) is 0 Å². The number of hydrogen-bond acceptors (Lipinski definition) is 9. The number of ether oxygens (including phenoxy) is 4. The fourth-order valence-electron chi connectivity index (χ4n) is 4.56. The normalized spacial score (nSPS) is 14.7. The number of halogens is 2. The summed E-state index contributed by atoms with van der Waals surface area (Å²) in [6.45, 7) is 7.48. The van der Waals surface area contributed by atoms with Crippen LogP contribution in [0.1, 0.15) is 41.0 Å². The number of nitrogens with two attached hydrogens (primary N) is 2. The highest BCUT2D eigenvalue weighted by Crippen LogP contribution is 2.37. The van der Waals surface area contributed by atoms with Gasteiger partial charge in [-0.1, -0.05) is 42.0 Å². The first-order chi connectivity index (χ1) is 21.1. The van der Waals surface area contributed by atoms with Crippen molar-refractivity contribution in [1.29, 1.82) is 0 Å². The van der Waals surface area contributed by atoms with E-state index in [-0.39, 0.29) is 5.92 Å². The Morgan fingerprint density at radius 3 is 2.28 bits per heavy atom. The number of benzene rings is 2. The molecule has 0 saturated heterocycles. The molecular formula is C32H47ClIN5O4. The molecule has 0 aromatic heterocycles. The molecule has 1 aliphatic rings. The molecule has 0 fully saturated rings. The summed E-state index contributed by atoms with van der Waals surface area (Å²) in [7, 11) is 0. The van der Waals surface area contributed by atoms with E-state index in [1.54, 1.807) is 0 Å². The molecule has 1 atom stereocenters. The Kier molecular flexibility index (Phi) is 18.2. The van der Waals surface area contributed by atoms with Gasteiger partial charge in [0.05, 0.1) is 58.6 Å². The van der Waals surface area contributed by atoms with Crippen molar-refractivity contribution >= 4 is 39.9 Å². The minimum Gasteiger partial charge on any atom is -0.397 e. The van der Waals surface area contributed by atoms with Gasteiger partial charge in [-0.15, -0.1) is 0 Å². The highest BCUT2D eigenvalue weighted by atomic mass is 127. The monoisotopic (exact) mass is 727 g/mol. The summed E-state index contributed by atoms with van der Waals surface area (Å²) in [5.74, 6) is 0.158. The summed E-state index contributed by atoms with van der Waals surface area (Å²) in [5.41, 5.74) is 23.6. The maximum atomic E-state index is 6.39. The molecule has 238 valence electrons. The van der Waals surface area contributed by atoms with Crippen LogP contribution in [0.5, 0.6) is 0 Å². The number of rotatable bonds is 23. The van der Waals surface area contributed by atoms with Gasteiger partial charge in [0.15, 0.2) is 0 Å². The number of allylic oxidation sites excluding steroid dienone is 2. The van der Waals surface area contributed by atoms with Crippen molar-refractivity contribution in [3.63, 3.8) is 0 Å². The van der Waals surface area contributed by atoms with E-state index in [0.29, 0.717) is 65.1 Å². The third kappa shape index (κ3) is 13.8. The molecule has 11 heteroatoms. The Morgan fingerprint density at radius 1 is 0.884 bits per heavy atom. The number of nitrogens with one attached hydrogen (secondary N) is 3. The lowest BCUT2D eigenvalue weighted by molar-refractivity contribution is -0.00110. The van der Waals surface area contributed by atoms with Crippen molar-refractivity contribution in [2.24, 2.45) is 11.5 Å². The van der Waals surface area contributed by atoms with E-state index in [2.05, 4.69) is 75.2 Å². The van der Waals surface area contributed by atoms with Gasteiger partial charge in [-0.25, -0.2) is 0 Å².